The monoisotopic (exact) mass is 714 g/mol. The van der Waals surface area contributed by atoms with Crippen LogP contribution in [0.5, 0.6) is 11.6 Å². The van der Waals surface area contributed by atoms with Crippen LogP contribution in [0.3, 0.4) is 0 Å². The van der Waals surface area contributed by atoms with Gasteiger partial charge >= 0.3 is 0 Å². The van der Waals surface area contributed by atoms with Crippen LogP contribution in [0.25, 0.3) is 11.0 Å². The van der Waals surface area contributed by atoms with Gasteiger partial charge in [-0.05, 0) is 48.6 Å². The van der Waals surface area contributed by atoms with Gasteiger partial charge in [0.2, 0.25) is 24.6 Å². The summed E-state index contributed by atoms with van der Waals surface area (Å²) in [6.45, 7) is 8.02. The van der Waals surface area contributed by atoms with Gasteiger partial charge in [0.1, 0.15) is 17.5 Å². The van der Waals surface area contributed by atoms with E-state index in [1.165, 1.54) is 50.5 Å². The number of carbonyl (C=O) groups excluding carboxylic acids is 3. The Morgan fingerprint density at radius 2 is 1.77 bits per heavy atom. The first-order valence-corrected chi connectivity index (χ1v) is 16.4. The van der Waals surface area contributed by atoms with Gasteiger partial charge in [0.25, 0.3) is 0 Å². The molecule has 1 aromatic carbocycles. The Hall–Kier alpha value is -2.83. The van der Waals surface area contributed by atoms with Crippen molar-refractivity contribution in [2.75, 3.05) is 27.9 Å². The minimum atomic E-state index is -2.63. The molecule has 0 bridgehead atoms. The van der Waals surface area contributed by atoms with Crippen molar-refractivity contribution in [2.24, 2.45) is 28.9 Å². The molecule has 269 valence electrons. The number of methoxy groups -OCH3 is 3. The van der Waals surface area contributed by atoms with Crippen molar-refractivity contribution in [1.29, 1.82) is 0 Å². The van der Waals surface area contributed by atoms with Crippen LogP contribution in [-0.4, -0.2) is 79.9 Å². The Kier molecular flexibility index (Phi) is 19.2. The van der Waals surface area contributed by atoms with Crippen LogP contribution in [-0.2, 0) is 44.1 Å². The summed E-state index contributed by atoms with van der Waals surface area (Å²) in [6.07, 6.45) is 8.91. The molecule has 2 amide bonds. The van der Waals surface area contributed by atoms with Crippen LogP contribution < -0.4 is 15.2 Å². The molecule has 1 aliphatic heterocycles. The van der Waals surface area contributed by atoms with Crippen LogP contribution in [0.1, 0.15) is 84.8 Å². The number of ether oxygens (including phenoxy) is 3. The molecule has 5 atom stereocenters. The zero-order valence-corrected chi connectivity index (χ0v) is 30.8. The molecule has 1 aliphatic carbocycles. The summed E-state index contributed by atoms with van der Waals surface area (Å²) < 4.78 is 41.5. The quantitative estimate of drug-likeness (QED) is 0.163. The van der Waals surface area contributed by atoms with E-state index in [9.17, 15) is 18.4 Å². The summed E-state index contributed by atoms with van der Waals surface area (Å²) in [6, 6.07) is 4.62. The second kappa shape index (κ2) is 21.3. The number of nitrogens with two attached hydrogens (primary N) is 1. The third-order valence-electron chi connectivity index (χ3n) is 9.05. The molecule has 48 heavy (non-hydrogen) atoms. The first-order valence-electron chi connectivity index (χ1n) is 16.4. The van der Waals surface area contributed by atoms with Crippen molar-refractivity contribution in [3.05, 3.63) is 23.9 Å². The number of nitrogens with zero attached hydrogens (tertiary/aromatic N) is 3. The smallest absolute Gasteiger partial charge is 0.250 e. The van der Waals surface area contributed by atoms with Gasteiger partial charge in [-0.2, -0.15) is 0 Å². The van der Waals surface area contributed by atoms with E-state index in [0.717, 1.165) is 47.2 Å². The number of aryl methyl sites for hydroxylation is 1. The van der Waals surface area contributed by atoms with E-state index < -0.39 is 35.8 Å². The maximum atomic E-state index is 12.8. The molecule has 4 unspecified atom stereocenters. The zero-order chi connectivity index (χ0) is 35.1. The fourth-order valence-electron chi connectivity index (χ4n) is 6.49. The van der Waals surface area contributed by atoms with Crippen molar-refractivity contribution in [3.8, 4) is 11.6 Å². The summed E-state index contributed by atoms with van der Waals surface area (Å²) in [5, 5.41) is 0. The first kappa shape index (κ1) is 43.2. The Balaban J connectivity index is 0.000000450. The summed E-state index contributed by atoms with van der Waals surface area (Å²) in [5.41, 5.74) is 6.38. The summed E-state index contributed by atoms with van der Waals surface area (Å²) in [5.74, 6) is 1.78. The molecule has 1 radical (unpaired) electrons. The van der Waals surface area contributed by atoms with Crippen molar-refractivity contribution in [3.63, 3.8) is 0 Å². The van der Waals surface area contributed by atoms with Crippen LogP contribution >= 0.6 is 0 Å². The van der Waals surface area contributed by atoms with Crippen LogP contribution in [0.15, 0.2) is 18.2 Å². The Morgan fingerprint density at radius 1 is 1.08 bits per heavy atom. The number of fused-ring (bicyclic) bond motifs is 1. The summed E-state index contributed by atoms with van der Waals surface area (Å²) >= 11 is 0. The molecule has 10 nitrogen and oxygen atoms in total. The molecular weight excluding hydrogens is 661 g/mol. The number of carbonyl (C=O) groups is 2. The van der Waals surface area contributed by atoms with Crippen LogP contribution in [0.4, 0.5) is 8.78 Å². The predicted molar refractivity (Wildman–Crippen MR) is 177 cm³/mol. The minimum absolute atomic E-state index is 0. The van der Waals surface area contributed by atoms with Gasteiger partial charge in [-0.1, -0.05) is 72.3 Å². The summed E-state index contributed by atoms with van der Waals surface area (Å²) in [4.78, 5) is 42.4. The molecule has 2 aromatic rings. The standard InChI is InChI=1S/C21H30N2O2.C13H20F2NO3.CH3NO.V/c1-15-8-7-10-16(15)9-5-4-6-11-19-21(25-3)23-20-14-17(24-2)12-13-18(20)22-19;1-13(2,3)10(19-4)12(18)16-6-5-8(11(14)15)9(16)7-17;2-1-3;/h12-16H,4-11H2,1-3H3;8-11H,5-6H2,1-4H3;1H,(H2,2,3);/q;-1;;/t;8?,9?,10-;;/m.1../s1. The van der Waals surface area contributed by atoms with Gasteiger partial charge in [-0.3, -0.25) is 9.59 Å². The maximum absolute atomic E-state index is 12.8. The van der Waals surface area contributed by atoms with E-state index in [4.69, 9.17) is 24.0 Å². The average molecular weight is 715 g/mol. The molecule has 0 spiro atoms. The number of rotatable bonds is 12. The van der Waals surface area contributed by atoms with E-state index in [1.54, 1.807) is 20.5 Å². The number of alkyl halides is 2. The Bertz CT molecular complexity index is 1280. The second-order valence-corrected chi connectivity index (χ2v) is 13.3. The van der Waals surface area contributed by atoms with Gasteiger partial charge in [-0.25, -0.2) is 25.0 Å². The molecule has 1 saturated carbocycles. The Morgan fingerprint density at radius 3 is 2.29 bits per heavy atom. The number of amides is 2. The number of unbranched alkanes of at least 4 members (excludes halogenated alkanes) is 2. The van der Waals surface area contributed by atoms with Crippen molar-refractivity contribution >= 4 is 29.6 Å². The van der Waals surface area contributed by atoms with E-state index in [2.05, 4.69) is 17.6 Å². The number of hydrogen-bond acceptors (Lipinski definition) is 8. The third kappa shape index (κ3) is 12.3. The molecular formula is C35H53F2N4O6V-. The Labute approximate surface area is 296 Å². The van der Waals surface area contributed by atoms with Gasteiger partial charge < -0.3 is 29.6 Å². The third-order valence-corrected chi connectivity index (χ3v) is 9.05. The molecule has 2 heterocycles. The van der Waals surface area contributed by atoms with E-state index in [1.807, 2.05) is 39.0 Å². The number of primary amides is 1. The summed E-state index contributed by atoms with van der Waals surface area (Å²) in [7, 11) is 4.72. The largest absolute Gasteiger partial charge is 0.540 e. The topological polar surface area (TPSA) is 134 Å². The molecule has 13 heteroatoms. The first-order chi connectivity index (χ1) is 22.4. The van der Waals surface area contributed by atoms with Crippen LogP contribution in [0, 0.1) is 23.2 Å². The number of benzene rings is 1. The van der Waals surface area contributed by atoms with E-state index in [-0.39, 0.29) is 37.9 Å². The van der Waals surface area contributed by atoms with Crippen molar-refractivity contribution in [1.82, 2.24) is 14.9 Å². The molecule has 1 aromatic heterocycles. The van der Waals surface area contributed by atoms with Crippen molar-refractivity contribution in [2.45, 2.75) is 104 Å². The van der Waals surface area contributed by atoms with E-state index >= 15 is 0 Å². The number of likely N-dealkylation sites (tertiary alicyclic amines) is 1. The molecule has 4 rings (SSSR count). The maximum Gasteiger partial charge on any atom is 0.250 e. The molecule has 1 saturated heterocycles. The number of hydrogen-bond donors (Lipinski definition) is 1. The van der Waals surface area contributed by atoms with Crippen LogP contribution in [0.2, 0.25) is 0 Å². The SMILES string of the molecule is CO[C@H](C(=O)N1CCC(C(F)F)C1[C-]=O)C(C)(C)C.COc1ccc2nc(CCCCCC3CCCC3C)c(OC)nc2c1.NC=O.[V]. The molecule has 2 fully saturated rings. The van der Waals surface area contributed by atoms with Gasteiger partial charge in [0.05, 0.1) is 25.3 Å². The number of aromatic nitrogens is 2. The molecule has 2 N–H and O–H groups in total. The predicted octanol–water partition coefficient (Wildman–Crippen LogP) is 5.92. The van der Waals surface area contributed by atoms with Gasteiger partial charge in [0, 0.05) is 44.2 Å². The van der Waals surface area contributed by atoms with Crippen molar-refractivity contribution < 1.29 is 55.9 Å². The van der Waals surface area contributed by atoms with Gasteiger partial charge in [-0.15, -0.1) is 0 Å². The fraction of sp³-hybridized carbons (Fsp3) is 0.686. The zero-order valence-electron chi connectivity index (χ0n) is 29.4. The average Bonchev–Trinajstić information content (AvgIpc) is 3.66. The number of halogens is 2. The fourth-order valence-corrected chi connectivity index (χ4v) is 6.49. The minimum Gasteiger partial charge on any atom is -0.540 e. The molecule has 2 aliphatic rings. The normalized spacial score (nSPS) is 20.9. The second-order valence-electron chi connectivity index (χ2n) is 13.3. The van der Waals surface area contributed by atoms with E-state index in [0.29, 0.717) is 5.88 Å². The van der Waals surface area contributed by atoms with Gasteiger partial charge in [0.15, 0.2) is 0 Å².